The monoisotopic (exact) mass is 272 g/mol. The number of carbonyl (C=O) groups excluding carboxylic acids is 2. The largest absolute Gasteiger partial charge is 0.352 e. The molecule has 1 aliphatic carbocycles. The van der Waals surface area contributed by atoms with E-state index in [-0.39, 0.29) is 17.9 Å². The molecule has 0 unspecified atom stereocenters. The van der Waals surface area contributed by atoms with Crippen LogP contribution in [0.2, 0.25) is 0 Å². The van der Waals surface area contributed by atoms with E-state index in [9.17, 15) is 9.59 Å². The van der Waals surface area contributed by atoms with Crippen LogP contribution < -0.4 is 10.2 Å². The molecule has 1 saturated carbocycles. The molecule has 2 amide bonds. The average Bonchev–Trinajstić information content (AvgIpc) is 3.14. The third-order valence-electron chi connectivity index (χ3n) is 4.15. The van der Waals surface area contributed by atoms with Gasteiger partial charge in [-0.25, -0.2) is 0 Å². The SMILES string of the molecule is CC(C)(C(=O)NC1CC1)C(=O)N1CCc2ccccc21. The highest BCUT2D eigenvalue weighted by Gasteiger charge is 2.42. The van der Waals surface area contributed by atoms with E-state index in [1.807, 2.05) is 24.3 Å². The van der Waals surface area contributed by atoms with Crippen LogP contribution in [0.3, 0.4) is 0 Å². The van der Waals surface area contributed by atoms with Crippen LogP contribution in [0.5, 0.6) is 0 Å². The number of nitrogens with zero attached hydrogens (tertiary/aromatic N) is 1. The molecular formula is C16H20N2O2. The number of fused-ring (bicyclic) bond motifs is 1. The minimum absolute atomic E-state index is 0.111. The Morgan fingerprint density at radius 3 is 2.65 bits per heavy atom. The first-order valence-corrected chi connectivity index (χ1v) is 7.21. The van der Waals surface area contributed by atoms with E-state index >= 15 is 0 Å². The Labute approximate surface area is 119 Å². The van der Waals surface area contributed by atoms with Gasteiger partial charge in [0.2, 0.25) is 11.8 Å². The van der Waals surface area contributed by atoms with Gasteiger partial charge in [0.15, 0.2) is 0 Å². The highest BCUT2D eigenvalue weighted by atomic mass is 16.2. The molecule has 2 aliphatic rings. The molecular weight excluding hydrogens is 252 g/mol. The molecule has 1 fully saturated rings. The predicted molar refractivity (Wildman–Crippen MR) is 77.4 cm³/mol. The van der Waals surface area contributed by atoms with Crippen LogP contribution in [0.25, 0.3) is 0 Å². The maximum Gasteiger partial charge on any atom is 0.242 e. The Bertz CT molecular complexity index is 561. The second-order valence-corrected chi connectivity index (χ2v) is 6.21. The van der Waals surface area contributed by atoms with Crippen molar-refractivity contribution in [3.63, 3.8) is 0 Å². The van der Waals surface area contributed by atoms with Gasteiger partial charge in [0.1, 0.15) is 5.41 Å². The van der Waals surface area contributed by atoms with Crippen molar-refractivity contribution in [2.75, 3.05) is 11.4 Å². The Kier molecular flexibility index (Phi) is 3.04. The summed E-state index contributed by atoms with van der Waals surface area (Å²) in [5, 5.41) is 2.94. The van der Waals surface area contributed by atoms with Gasteiger partial charge >= 0.3 is 0 Å². The maximum absolute atomic E-state index is 12.7. The van der Waals surface area contributed by atoms with Crippen LogP contribution in [-0.4, -0.2) is 24.4 Å². The molecule has 4 heteroatoms. The summed E-state index contributed by atoms with van der Waals surface area (Å²) >= 11 is 0. The average molecular weight is 272 g/mol. The van der Waals surface area contributed by atoms with Crippen LogP contribution in [-0.2, 0) is 16.0 Å². The summed E-state index contributed by atoms with van der Waals surface area (Å²) in [5.41, 5.74) is 1.11. The first-order valence-electron chi connectivity index (χ1n) is 7.21. The van der Waals surface area contributed by atoms with E-state index in [1.54, 1.807) is 18.7 Å². The molecule has 1 aromatic rings. The molecule has 0 bridgehead atoms. The Balaban J connectivity index is 1.80. The van der Waals surface area contributed by atoms with Crippen molar-refractivity contribution >= 4 is 17.5 Å². The van der Waals surface area contributed by atoms with Crippen molar-refractivity contribution in [1.82, 2.24) is 5.32 Å². The molecule has 4 nitrogen and oxygen atoms in total. The number of nitrogens with one attached hydrogen (secondary N) is 1. The van der Waals surface area contributed by atoms with Crippen molar-refractivity contribution in [3.05, 3.63) is 29.8 Å². The second kappa shape index (κ2) is 4.62. The molecule has 106 valence electrons. The van der Waals surface area contributed by atoms with Gasteiger partial charge in [-0.2, -0.15) is 0 Å². The van der Waals surface area contributed by atoms with Gasteiger partial charge in [0, 0.05) is 18.3 Å². The summed E-state index contributed by atoms with van der Waals surface area (Å²) in [5.74, 6) is -0.269. The smallest absolute Gasteiger partial charge is 0.242 e. The first-order chi connectivity index (χ1) is 9.50. The van der Waals surface area contributed by atoms with Gasteiger partial charge in [-0.15, -0.1) is 0 Å². The lowest BCUT2D eigenvalue weighted by Gasteiger charge is -2.28. The highest BCUT2D eigenvalue weighted by molar-refractivity contribution is 6.11. The topological polar surface area (TPSA) is 49.4 Å². The normalized spacial score (nSPS) is 17.8. The van der Waals surface area contributed by atoms with Gasteiger partial charge in [-0.05, 0) is 44.7 Å². The van der Waals surface area contributed by atoms with E-state index in [1.165, 1.54) is 5.56 Å². The second-order valence-electron chi connectivity index (χ2n) is 6.21. The molecule has 20 heavy (non-hydrogen) atoms. The fourth-order valence-corrected chi connectivity index (χ4v) is 2.58. The fraction of sp³-hybridized carbons (Fsp3) is 0.500. The Hall–Kier alpha value is -1.84. The third kappa shape index (κ3) is 2.19. The van der Waals surface area contributed by atoms with Gasteiger partial charge in [0.25, 0.3) is 0 Å². The molecule has 0 atom stereocenters. The van der Waals surface area contributed by atoms with Gasteiger partial charge < -0.3 is 10.2 Å². The number of amides is 2. The lowest BCUT2D eigenvalue weighted by Crippen LogP contribution is -2.49. The number of hydrogen-bond donors (Lipinski definition) is 1. The van der Waals surface area contributed by atoms with E-state index in [0.717, 1.165) is 24.9 Å². The number of rotatable bonds is 3. The quantitative estimate of drug-likeness (QED) is 0.854. The van der Waals surface area contributed by atoms with Crippen molar-refractivity contribution in [3.8, 4) is 0 Å². The number of hydrogen-bond acceptors (Lipinski definition) is 2. The van der Waals surface area contributed by atoms with E-state index < -0.39 is 5.41 Å². The zero-order valence-corrected chi connectivity index (χ0v) is 12.0. The van der Waals surface area contributed by atoms with Gasteiger partial charge in [-0.1, -0.05) is 18.2 Å². The highest BCUT2D eigenvalue weighted by Crippen LogP contribution is 2.32. The van der Waals surface area contributed by atoms with E-state index in [4.69, 9.17) is 0 Å². The molecule has 0 spiro atoms. The molecule has 0 radical (unpaired) electrons. The lowest BCUT2D eigenvalue weighted by atomic mass is 9.90. The summed E-state index contributed by atoms with van der Waals surface area (Å²) in [6.07, 6.45) is 2.92. The number of para-hydroxylation sites is 1. The zero-order chi connectivity index (χ0) is 14.3. The first kappa shape index (κ1) is 13.2. The summed E-state index contributed by atoms with van der Waals surface area (Å²) in [6.45, 7) is 4.10. The lowest BCUT2D eigenvalue weighted by molar-refractivity contribution is -0.139. The number of benzene rings is 1. The maximum atomic E-state index is 12.7. The van der Waals surface area contributed by atoms with Crippen molar-refractivity contribution in [2.45, 2.75) is 39.2 Å². The van der Waals surface area contributed by atoms with Gasteiger partial charge in [-0.3, -0.25) is 9.59 Å². The molecule has 3 rings (SSSR count). The molecule has 1 heterocycles. The Morgan fingerprint density at radius 2 is 1.95 bits per heavy atom. The Morgan fingerprint density at radius 1 is 1.25 bits per heavy atom. The minimum atomic E-state index is -1.01. The van der Waals surface area contributed by atoms with Crippen LogP contribution in [0.4, 0.5) is 5.69 Å². The molecule has 0 aromatic heterocycles. The summed E-state index contributed by atoms with van der Waals surface area (Å²) in [7, 11) is 0. The summed E-state index contributed by atoms with van der Waals surface area (Å²) < 4.78 is 0. The van der Waals surface area contributed by atoms with E-state index in [2.05, 4.69) is 5.32 Å². The molecule has 1 aromatic carbocycles. The van der Waals surface area contributed by atoms with E-state index in [0.29, 0.717) is 6.54 Å². The number of carbonyl (C=O) groups is 2. The zero-order valence-electron chi connectivity index (χ0n) is 12.0. The fourth-order valence-electron chi connectivity index (χ4n) is 2.58. The summed E-state index contributed by atoms with van der Waals surface area (Å²) in [4.78, 5) is 26.8. The van der Waals surface area contributed by atoms with Crippen LogP contribution in [0.15, 0.2) is 24.3 Å². The van der Waals surface area contributed by atoms with Crippen LogP contribution >= 0.6 is 0 Å². The minimum Gasteiger partial charge on any atom is -0.352 e. The number of anilines is 1. The molecule has 0 saturated heterocycles. The standard InChI is InChI=1S/C16H20N2O2/c1-16(2,14(19)17-12-7-8-12)15(20)18-10-9-11-5-3-4-6-13(11)18/h3-6,12H,7-10H2,1-2H3,(H,17,19). The third-order valence-corrected chi connectivity index (χ3v) is 4.15. The van der Waals surface area contributed by atoms with Crippen molar-refractivity contribution < 1.29 is 9.59 Å². The van der Waals surface area contributed by atoms with Gasteiger partial charge in [0.05, 0.1) is 0 Å². The predicted octanol–water partition coefficient (Wildman–Crippen LogP) is 1.88. The molecule has 1 N–H and O–H groups in total. The van der Waals surface area contributed by atoms with Crippen molar-refractivity contribution in [2.24, 2.45) is 5.41 Å². The summed E-state index contributed by atoms with van der Waals surface area (Å²) in [6, 6.07) is 8.19. The van der Waals surface area contributed by atoms with Crippen LogP contribution in [0.1, 0.15) is 32.3 Å². The van der Waals surface area contributed by atoms with Crippen LogP contribution in [0, 0.1) is 5.41 Å². The molecule has 1 aliphatic heterocycles. The van der Waals surface area contributed by atoms with Crippen molar-refractivity contribution in [1.29, 1.82) is 0 Å².